The van der Waals surface area contributed by atoms with E-state index in [0.717, 1.165) is 12.8 Å². The van der Waals surface area contributed by atoms with Crippen molar-refractivity contribution in [1.82, 2.24) is 10.3 Å². The van der Waals surface area contributed by atoms with Crippen LogP contribution in [0.2, 0.25) is 5.02 Å². The van der Waals surface area contributed by atoms with Crippen molar-refractivity contribution in [3.05, 3.63) is 34.7 Å². The maximum Gasteiger partial charge on any atom is 0.220 e. The molecule has 0 aliphatic carbocycles. The van der Waals surface area contributed by atoms with E-state index in [1.807, 2.05) is 6.07 Å². The molecular weight excluding hydrogens is 319 g/mol. The Hall–Kier alpha value is -2.39. The molecule has 1 fully saturated rings. The van der Waals surface area contributed by atoms with Gasteiger partial charge in [-0.05, 0) is 25.0 Å². The van der Waals surface area contributed by atoms with Gasteiger partial charge in [0.25, 0.3) is 0 Å². The number of hydrogen-bond donors (Lipinski definition) is 2. The monoisotopic (exact) mass is 332 g/mol. The molecule has 118 valence electrons. The van der Waals surface area contributed by atoms with Crippen molar-refractivity contribution in [3.63, 3.8) is 0 Å². The summed E-state index contributed by atoms with van der Waals surface area (Å²) in [6.07, 6.45) is 3.54. The fraction of sp³-hybridized carbons (Fsp3) is 0.312. The fourth-order valence-electron chi connectivity index (χ4n) is 2.76. The number of carbonyl (C=O) groups is 1. The highest BCUT2D eigenvalue weighted by Gasteiger charge is 2.20. The standard InChI is InChI=1S/C16H14ClFN4O/c17-11-4-5-12(18)16-14(11)15(9(6-19)7-20-16)21-8-10-2-1-3-13(23)22-10/h4-5,7,10H,1-3,8H2,(H,20,21)(H,22,23)/t10-/m1/s1. The summed E-state index contributed by atoms with van der Waals surface area (Å²) < 4.78 is 13.9. The van der Waals surface area contributed by atoms with E-state index in [0.29, 0.717) is 29.1 Å². The lowest BCUT2D eigenvalue weighted by molar-refractivity contribution is -0.123. The van der Waals surface area contributed by atoms with Crippen LogP contribution in [-0.4, -0.2) is 23.5 Å². The lowest BCUT2D eigenvalue weighted by atomic mass is 10.0. The minimum absolute atomic E-state index is 0.0206. The van der Waals surface area contributed by atoms with Crippen LogP contribution in [0.5, 0.6) is 0 Å². The largest absolute Gasteiger partial charge is 0.381 e. The first-order valence-corrected chi connectivity index (χ1v) is 7.68. The lowest BCUT2D eigenvalue weighted by Crippen LogP contribution is -2.42. The van der Waals surface area contributed by atoms with E-state index < -0.39 is 5.82 Å². The Labute approximate surface area is 137 Å². The highest BCUT2D eigenvalue weighted by Crippen LogP contribution is 2.33. The van der Waals surface area contributed by atoms with E-state index >= 15 is 0 Å². The number of amides is 1. The number of nitrogens with zero attached hydrogens (tertiary/aromatic N) is 2. The van der Waals surface area contributed by atoms with Crippen LogP contribution in [0.4, 0.5) is 10.1 Å². The summed E-state index contributed by atoms with van der Waals surface area (Å²) in [4.78, 5) is 15.4. The van der Waals surface area contributed by atoms with Crippen LogP contribution in [0.15, 0.2) is 18.3 Å². The number of rotatable bonds is 3. The van der Waals surface area contributed by atoms with Crippen LogP contribution < -0.4 is 10.6 Å². The molecule has 0 saturated carbocycles. The smallest absolute Gasteiger partial charge is 0.220 e. The molecule has 0 radical (unpaired) electrons. The maximum absolute atomic E-state index is 13.9. The molecular formula is C16H14ClFN4O. The number of benzene rings is 1. The maximum atomic E-state index is 13.9. The van der Waals surface area contributed by atoms with E-state index in [-0.39, 0.29) is 23.0 Å². The van der Waals surface area contributed by atoms with Crippen LogP contribution in [0, 0.1) is 17.1 Å². The zero-order chi connectivity index (χ0) is 16.4. The van der Waals surface area contributed by atoms with Crippen molar-refractivity contribution < 1.29 is 9.18 Å². The minimum atomic E-state index is -0.497. The summed E-state index contributed by atoms with van der Waals surface area (Å²) in [7, 11) is 0. The minimum Gasteiger partial charge on any atom is -0.381 e. The summed E-state index contributed by atoms with van der Waals surface area (Å²) in [5, 5.41) is 16.0. The number of anilines is 1. The van der Waals surface area contributed by atoms with E-state index in [9.17, 15) is 14.4 Å². The first kappa shape index (κ1) is 15.5. The molecule has 0 bridgehead atoms. The summed E-state index contributed by atoms with van der Waals surface area (Å²) in [6.45, 7) is 0.437. The van der Waals surface area contributed by atoms with Crippen LogP contribution in [0.3, 0.4) is 0 Å². The summed E-state index contributed by atoms with van der Waals surface area (Å²) in [5.41, 5.74) is 0.848. The van der Waals surface area contributed by atoms with Gasteiger partial charge in [0, 0.05) is 30.6 Å². The highest BCUT2D eigenvalue weighted by atomic mass is 35.5. The second-order valence-corrected chi connectivity index (χ2v) is 5.86. The number of nitrogens with one attached hydrogen (secondary N) is 2. The van der Waals surface area contributed by atoms with Gasteiger partial charge in [0.05, 0.1) is 16.3 Å². The Morgan fingerprint density at radius 2 is 2.35 bits per heavy atom. The topological polar surface area (TPSA) is 77.8 Å². The number of piperidine rings is 1. The van der Waals surface area contributed by atoms with Crippen LogP contribution >= 0.6 is 11.6 Å². The van der Waals surface area contributed by atoms with E-state index in [1.54, 1.807) is 0 Å². The molecule has 5 nitrogen and oxygen atoms in total. The molecule has 2 heterocycles. The summed E-state index contributed by atoms with van der Waals surface area (Å²) >= 11 is 6.18. The van der Waals surface area contributed by atoms with Crippen molar-refractivity contribution in [1.29, 1.82) is 5.26 Å². The molecule has 7 heteroatoms. The van der Waals surface area contributed by atoms with Gasteiger partial charge in [-0.15, -0.1) is 0 Å². The molecule has 1 aromatic heterocycles. The molecule has 1 aliphatic heterocycles. The molecule has 0 spiro atoms. The molecule has 2 aromatic rings. The third-order valence-electron chi connectivity index (χ3n) is 3.89. The van der Waals surface area contributed by atoms with Gasteiger partial charge in [0.1, 0.15) is 17.4 Å². The van der Waals surface area contributed by atoms with Crippen LogP contribution in [-0.2, 0) is 4.79 Å². The average Bonchev–Trinajstić information content (AvgIpc) is 2.55. The molecule has 1 aliphatic rings. The first-order chi connectivity index (χ1) is 11.1. The van der Waals surface area contributed by atoms with Gasteiger partial charge in [0.2, 0.25) is 5.91 Å². The Morgan fingerprint density at radius 1 is 1.52 bits per heavy atom. The number of halogens is 2. The number of nitriles is 1. The molecule has 1 aromatic carbocycles. The molecule has 23 heavy (non-hydrogen) atoms. The predicted molar refractivity (Wildman–Crippen MR) is 85.7 cm³/mol. The highest BCUT2D eigenvalue weighted by molar-refractivity contribution is 6.36. The van der Waals surface area contributed by atoms with Crippen molar-refractivity contribution in [2.75, 3.05) is 11.9 Å². The molecule has 2 N–H and O–H groups in total. The Morgan fingerprint density at radius 3 is 3.09 bits per heavy atom. The second-order valence-electron chi connectivity index (χ2n) is 5.45. The first-order valence-electron chi connectivity index (χ1n) is 7.30. The van der Waals surface area contributed by atoms with Gasteiger partial charge in [-0.25, -0.2) is 4.39 Å². The predicted octanol–water partition coefficient (Wildman–Crippen LogP) is 2.98. The molecule has 0 unspecified atom stereocenters. The van der Waals surface area contributed by atoms with Crippen molar-refractivity contribution in [3.8, 4) is 6.07 Å². The third-order valence-corrected chi connectivity index (χ3v) is 4.20. The quantitative estimate of drug-likeness (QED) is 0.905. The fourth-order valence-corrected chi connectivity index (χ4v) is 3.01. The Kier molecular flexibility index (Phi) is 4.30. The van der Waals surface area contributed by atoms with Crippen molar-refractivity contribution in [2.45, 2.75) is 25.3 Å². The number of pyridine rings is 1. The SMILES string of the molecule is N#Cc1cnc2c(F)ccc(Cl)c2c1NC[C@H]1CCCC(=O)N1. The number of aromatic nitrogens is 1. The van der Waals surface area contributed by atoms with E-state index in [4.69, 9.17) is 11.6 Å². The Bertz CT molecular complexity index is 818. The molecule has 1 saturated heterocycles. The van der Waals surface area contributed by atoms with Gasteiger partial charge >= 0.3 is 0 Å². The summed E-state index contributed by atoms with van der Waals surface area (Å²) in [6, 6.07) is 4.69. The van der Waals surface area contributed by atoms with E-state index in [1.165, 1.54) is 18.3 Å². The third kappa shape index (κ3) is 3.06. The normalized spacial score (nSPS) is 17.6. The van der Waals surface area contributed by atoms with Gasteiger partial charge < -0.3 is 10.6 Å². The van der Waals surface area contributed by atoms with Crippen LogP contribution in [0.25, 0.3) is 10.9 Å². The second kappa shape index (κ2) is 6.39. The zero-order valence-corrected chi connectivity index (χ0v) is 13.0. The van der Waals surface area contributed by atoms with Crippen LogP contribution in [0.1, 0.15) is 24.8 Å². The lowest BCUT2D eigenvalue weighted by Gasteiger charge is -2.24. The van der Waals surface area contributed by atoms with E-state index in [2.05, 4.69) is 15.6 Å². The number of carbonyl (C=O) groups excluding carboxylic acids is 1. The van der Waals surface area contributed by atoms with Crippen molar-refractivity contribution >= 4 is 34.1 Å². The molecule has 1 amide bonds. The average molecular weight is 333 g/mol. The molecule has 3 rings (SSSR count). The van der Waals surface area contributed by atoms with Crippen molar-refractivity contribution in [2.24, 2.45) is 0 Å². The van der Waals surface area contributed by atoms with Gasteiger partial charge in [-0.2, -0.15) is 5.26 Å². The van der Waals surface area contributed by atoms with Gasteiger partial charge in [0.15, 0.2) is 0 Å². The Balaban J connectivity index is 1.97. The zero-order valence-electron chi connectivity index (χ0n) is 12.2. The number of fused-ring (bicyclic) bond motifs is 1. The number of hydrogen-bond acceptors (Lipinski definition) is 4. The summed E-state index contributed by atoms with van der Waals surface area (Å²) in [5.74, 6) is -0.477. The van der Waals surface area contributed by atoms with Gasteiger partial charge in [-0.1, -0.05) is 11.6 Å². The molecule has 1 atom stereocenters. The van der Waals surface area contributed by atoms with Gasteiger partial charge in [-0.3, -0.25) is 9.78 Å².